The van der Waals surface area contributed by atoms with E-state index in [0.29, 0.717) is 0 Å². The molecule has 2 aliphatic heterocycles. The van der Waals surface area contributed by atoms with Crippen LogP contribution in [-0.4, -0.2) is 6.71 Å². The Labute approximate surface area is 420 Å². The molecule has 2 heterocycles. The topological polar surface area (TPSA) is 6.48 Å². The van der Waals surface area contributed by atoms with Gasteiger partial charge in [0.2, 0.25) is 0 Å². The normalized spacial score (nSPS) is 16.1. The highest BCUT2D eigenvalue weighted by molar-refractivity contribution is 7.00. The van der Waals surface area contributed by atoms with Crippen LogP contribution >= 0.6 is 0 Å². The molecule has 0 radical (unpaired) electrons. The molecule has 11 rings (SSSR count). The number of rotatable bonds is 4. The predicted molar refractivity (Wildman–Crippen MR) is 304 cm³/mol. The third-order valence-electron chi connectivity index (χ3n) is 16.2. The standard InChI is InChI=1S/C67H71BN2/c1-63(2,3)44-29-34-56(51(37-44)42-21-16-15-17-22-42)70-58-36-31-46(65(7,8)9)39-55(58)68-54-38-45(64(4,5)6)30-35-57(54)69(59-40-47(66(10,11)12)41-60(70)62(59)68)48-32-27-43(28-33-48)49-24-20-26-53-61(49)50-23-18-19-25-52(50)67(53,13)14/h15-19,21-25,27-41H,20,26H2,1-14H3. The second kappa shape index (κ2) is 15.8. The van der Waals surface area contributed by atoms with Gasteiger partial charge in [0.15, 0.2) is 0 Å². The van der Waals surface area contributed by atoms with Gasteiger partial charge in [-0.05, 0) is 155 Å². The van der Waals surface area contributed by atoms with E-state index in [-0.39, 0.29) is 33.8 Å². The van der Waals surface area contributed by atoms with Crippen molar-refractivity contribution < 1.29 is 0 Å². The lowest BCUT2D eigenvalue weighted by atomic mass is 9.33. The molecule has 0 aromatic heterocycles. The third-order valence-corrected chi connectivity index (χ3v) is 16.2. The van der Waals surface area contributed by atoms with Crippen LogP contribution in [0.1, 0.15) is 149 Å². The summed E-state index contributed by atoms with van der Waals surface area (Å²) in [4.78, 5) is 5.25. The quantitative estimate of drug-likeness (QED) is 0.162. The highest BCUT2D eigenvalue weighted by atomic mass is 15.2. The Morgan fingerprint density at radius 3 is 1.54 bits per heavy atom. The fourth-order valence-electron chi connectivity index (χ4n) is 12.1. The molecule has 352 valence electrons. The van der Waals surface area contributed by atoms with Gasteiger partial charge in [-0.25, -0.2) is 0 Å². The van der Waals surface area contributed by atoms with Crippen LogP contribution in [0.15, 0.2) is 157 Å². The Kier molecular flexibility index (Phi) is 10.4. The smallest absolute Gasteiger partial charge is 0.252 e. The maximum absolute atomic E-state index is 2.64. The molecule has 0 fully saturated rings. The molecule has 2 nitrogen and oxygen atoms in total. The minimum atomic E-state index is -0.127. The van der Waals surface area contributed by atoms with Crippen molar-refractivity contribution in [1.82, 2.24) is 0 Å². The van der Waals surface area contributed by atoms with E-state index in [1.54, 1.807) is 5.57 Å². The van der Waals surface area contributed by atoms with Gasteiger partial charge in [-0.2, -0.15) is 0 Å². The van der Waals surface area contributed by atoms with E-state index in [1.807, 2.05) is 0 Å². The van der Waals surface area contributed by atoms with E-state index in [1.165, 1.54) is 112 Å². The lowest BCUT2D eigenvalue weighted by Gasteiger charge is -2.46. The molecular formula is C67H71BN2. The van der Waals surface area contributed by atoms with Gasteiger partial charge in [-0.3, -0.25) is 0 Å². The van der Waals surface area contributed by atoms with Gasteiger partial charge in [-0.1, -0.05) is 206 Å². The molecule has 2 aliphatic carbocycles. The Morgan fingerprint density at radius 1 is 0.443 bits per heavy atom. The second-order valence-corrected chi connectivity index (χ2v) is 25.4. The van der Waals surface area contributed by atoms with E-state index < -0.39 is 0 Å². The summed E-state index contributed by atoms with van der Waals surface area (Å²) in [5.41, 5.74) is 27.6. The molecule has 0 unspecified atom stereocenters. The molecule has 0 spiro atoms. The van der Waals surface area contributed by atoms with Gasteiger partial charge in [-0.15, -0.1) is 0 Å². The van der Waals surface area contributed by atoms with Gasteiger partial charge in [0.1, 0.15) is 0 Å². The largest absolute Gasteiger partial charge is 0.311 e. The van der Waals surface area contributed by atoms with Crippen LogP contribution in [-0.2, 0) is 27.1 Å². The maximum Gasteiger partial charge on any atom is 0.252 e. The van der Waals surface area contributed by atoms with Crippen LogP contribution in [0, 0.1) is 0 Å². The average Bonchev–Trinajstić information content (AvgIpc) is 3.55. The fraction of sp³-hybridized carbons (Fsp3) is 0.313. The van der Waals surface area contributed by atoms with Crippen molar-refractivity contribution in [2.45, 2.75) is 137 Å². The van der Waals surface area contributed by atoms with Gasteiger partial charge in [0, 0.05) is 39.4 Å². The second-order valence-electron chi connectivity index (χ2n) is 25.4. The number of hydrogen-bond donors (Lipinski definition) is 0. The molecule has 0 bridgehead atoms. The van der Waals surface area contributed by atoms with Crippen molar-refractivity contribution in [3.63, 3.8) is 0 Å². The Balaban J connectivity index is 1.19. The first-order valence-electron chi connectivity index (χ1n) is 25.9. The Morgan fingerprint density at radius 2 is 0.957 bits per heavy atom. The summed E-state index contributed by atoms with van der Waals surface area (Å²) in [5.74, 6) is 0. The van der Waals surface area contributed by atoms with Crippen LogP contribution in [0.3, 0.4) is 0 Å². The van der Waals surface area contributed by atoms with Gasteiger partial charge < -0.3 is 9.80 Å². The first kappa shape index (κ1) is 46.1. The molecule has 0 amide bonds. The highest BCUT2D eigenvalue weighted by Gasteiger charge is 2.46. The molecule has 4 aliphatic rings. The van der Waals surface area contributed by atoms with Crippen LogP contribution in [0.5, 0.6) is 0 Å². The van der Waals surface area contributed by atoms with E-state index in [0.717, 1.165) is 12.8 Å². The number of nitrogens with zero attached hydrogens (tertiary/aromatic N) is 2. The number of benzene rings is 7. The zero-order valence-electron chi connectivity index (χ0n) is 44.3. The van der Waals surface area contributed by atoms with E-state index in [9.17, 15) is 0 Å². The summed E-state index contributed by atoms with van der Waals surface area (Å²) in [6.45, 7) is 33.1. The number of fused-ring (bicyclic) bond motifs is 6. The summed E-state index contributed by atoms with van der Waals surface area (Å²) in [5, 5.41) is 0. The Hall–Kier alpha value is -6.32. The Bertz CT molecular complexity index is 3320. The molecule has 7 aromatic rings. The summed E-state index contributed by atoms with van der Waals surface area (Å²) in [6.07, 6.45) is 4.68. The molecule has 70 heavy (non-hydrogen) atoms. The molecule has 0 atom stereocenters. The zero-order chi connectivity index (χ0) is 49.4. The maximum atomic E-state index is 2.64. The van der Waals surface area contributed by atoms with Gasteiger partial charge >= 0.3 is 0 Å². The summed E-state index contributed by atoms with van der Waals surface area (Å²) in [7, 11) is 0. The fourth-order valence-corrected chi connectivity index (χ4v) is 12.1. The van der Waals surface area contributed by atoms with Crippen LogP contribution < -0.4 is 26.2 Å². The van der Waals surface area contributed by atoms with Crippen LogP contribution in [0.4, 0.5) is 34.1 Å². The van der Waals surface area contributed by atoms with Crippen molar-refractivity contribution >= 4 is 68.4 Å². The molecule has 0 saturated carbocycles. The number of anilines is 6. The SMILES string of the molecule is CC(C)(C)c1ccc2c(c1)B1c3cc(C(C)(C)C)ccc3N(c3ccc(C(C)(C)C)cc3-c3ccccc3)c3cc(C(C)(C)C)cc(c31)N2c1ccc(C2=CCCC3=C2c2ccccc2C3(C)C)cc1. The summed E-state index contributed by atoms with van der Waals surface area (Å²) in [6, 6.07) is 56.9. The molecule has 0 saturated heterocycles. The van der Waals surface area contributed by atoms with Crippen molar-refractivity contribution in [2.75, 3.05) is 9.80 Å². The minimum absolute atomic E-state index is 0.0120. The van der Waals surface area contributed by atoms with Crippen LogP contribution in [0.25, 0.3) is 22.3 Å². The van der Waals surface area contributed by atoms with E-state index in [4.69, 9.17) is 0 Å². The average molecular weight is 915 g/mol. The number of allylic oxidation sites excluding steroid dienone is 4. The molecule has 3 heteroatoms. The van der Waals surface area contributed by atoms with Crippen LogP contribution in [0.2, 0.25) is 0 Å². The van der Waals surface area contributed by atoms with Crippen molar-refractivity contribution in [2.24, 2.45) is 0 Å². The van der Waals surface area contributed by atoms with Crippen molar-refractivity contribution in [1.29, 1.82) is 0 Å². The van der Waals surface area contributed by atoms with Gasteiger partial charge in [0.25, 0.3) is 6.71 Å². The summed E-state index contributed by atoms with van der Waals surface area (Å²) < 4.78 is 0. The summed E-state index contributed by atoms with van der Waals surface area (Å²) >= 11 is 0. The van der Waals surface area contributed by atoms with Gasteiger partial charge in [0.05, 0.1) is 5.69 Å². The van der Waals surface area contributed by atoms with E-state index >= 15 is 0 Å². The minimum Gasteiger partial charge on any atom is -0.311 e. The lowest BCUT2D eigenvalue weighted by molar-refractivity contribution is 0.589. The molecule has 0 N–H and O–H groups in total. The lowest BCUT2D eigenvalue weighted by Crippen LogP contribution is -2.62. The molecule has 7 aromatic carbocycles. The van der Waals surface area contributed by atoms with E-state index in [2.05, 4.69) is 258 Å². The monoisotopic (exact) mass is 915 g/mol. The van der Waals surface area contributed by atoms with Crippen molar-refractivity contribution in [3.05, 3.63) is 196 Å². The highest BCUT2D eigenvalue weighted by Crippen LogP contribution is 2.55. The third kappa shape index (κ3) is 7.36. The number of hydrogen-bond acceptors (Lipinski definition) is 2. The predicted octanol–water partition coefficient (Wildman–Crippen LogP) is 16.5. The molecular weight excluding hydrogens is 844 g/mol. The first-order chi connectivity index (χ1) is 33.0. The zero-order valence-corrected chi connectivity index (χ0v) is 44.3. The first-order valence-corrected chi connectivity index (χ1v) is 25.9. The van der Waals surface area contributed by atoms with Crippen molar-refractivity contribution in [3.8, 4) is 11.1 Å².